The molecular formula is C13H15N7. The van der Waals surface area contributed by atoms with Crippen LogP contribution < -0.4 is 11.1 Å². The Balaban J connectivity index is 1.65. The van der Waals surface area contributed by atoms with Crippen molar-refractivity contribution in [2.75, 3.05) is 17.6 Å². The Morgan fingerprint density at radius 2 is 2.10 bits per heavy atom. The summed E-state index contributed by atoms with van der Waals surface area (Å²) in [7, 11) is 0. The summed E-state index contributed by atoms with van der Waals surface area (Å²) in [5, 5.41) is 11.0. The number of nitrogens with zero attached hydrogens (tertiary/aromatic N) is 4. The molecule has 3 aromatic rings. The number of hydrogen-bond acceptors (Lipinski definition) is 6. The summed E-state index contributed by atoms with van der Waals surface area (Å²) >= 11 is 0. The molecule has 0 aliphatic heterocycles. The van der Waals surface area contributed by atoms with Crippen LogP contribution in [0.3, 0.4) is 0 Å². The Kier molecular flexibility index (Phi) is 3.40. The Bertz CT molecular complexity index is 693. The molecule has 4 N–H and O–H groups in total. The maximum atomic E-state index is 5.75. The molecule has 0 saturated carbocycles. The first kappa shape index (κ1) is 12.3. The molecule has 1 aromatic carbocycles. The van der Waals surface area contributed by atoms with Crippen molar-refractivity contribution in [2.24, 2.45) is 0 Å². The van der Waals surface area contributed by atoms with Crippen LogP contribution in [0.1, 0.15) is 12.2 Å². The molecule has 0 saturated heterocycles. The van der Waals surface area contributed by atoms with Crippen LogP contribution in [-0.2, 0) is 6.42 Å². The van der Waals surface area contributed by atoms with E-state index in [-0.39, 0.29) is 0 Å². The second kappa shape index (κ2) is 5.52. The summed E-state index contributed by atoms with van der Waals surface area (Å²) < 4.78 is 0. The highest BCUT2D eigenvalue weighted by Crippen LogP contribution is 2.21. The van der Waals surface area contributed by atoms with Gasteiger partial charge in [-0.3, -0.25) is 5.10 Å². The van der Waals surface area contributed by atoms with Gasteiger partial charge in [-0.15, -0.1) is 0 Å². The Morgan fingerprint density at radius 1 is 1.15 bits per heavy atom. The van der Waals surface area contributed by atoms with Gasteiger partial charge in [0.1, 0.15) is 24.3 Å². The van der Waals surface area contributed by atoms with Crippen LogP contribution in [0.5, 0.6) is 0 Å². The molecule has 0 bridgehead atoms. The number of aromatic amines is 1. The zero-order valence-corrected chi connectivity index (χ0v) is 10.9. The summed E-state index contributed by atoms with van der Waals surface area (Å²) in [6.07, 6.45) is 4.85. The van der Waals surface area contributed by atoms with E-state index in [1.54, 1.807) is 6.33 Å². The van der Waals surface area contributed by atoms with Crippen molar-refractivity contribution in [3.63, 3.8) is 0 Å². The molecule has 0 fully saturated rings. The van der Waals surface area contributed by atoms with Gasteiger partial charge in [-0.25, -0.2) is 15.0 Å². The number of nitrogens with two attached hydrogens (primary N) is 1. The van der Waals surface area contributed by atoms with Gasteiger partial charge in [0, 0.05) is 24.0 Å². The number of aromatic nitrogens is 5. The Morgan fingerprint density at radius 3 is 2.95 bits per heavy atom. The number of nitrogen functional groups attached to an aromatic ring is 1. The van der Waals surface area contributed by atoms with Crippen LogP contribution >= 0.6 is 0 Å². The highest BCUT2D eigenvalue weighted by molar-refractivity contribution is 5.90. The molecule has 0 aliphatic carbocycles. The van der Waals surface area contributed by atoms with E-state index >= 15 is 0 Å². The summed E-state index contributed by atoms with van der Waals surface area (Å²) in [4.78, 5) is 12.6. The van der Waals surface area contributed by atoms with Gasteiger partial charge in [0.2, 0.25) is 0 Å². The van der Waals surface area contributed by atoms with Crippen molar-refractivity contribution in [1.29, 1.82) is 0 Å². The summed E-state index contributed by atoms with van der Waals surface area (Å²) in [5.74, 6) is 1.72. The molecule has 0 amide bonds. The molecule has 2 aromatic heterocycles. The molecule has 7 nitrogen and oxygen atoms in total. The number of aryl methyl sites for hydroxylation is 1. The van der Waals surface area contributed by atoms with Gasteiger partial charge in [-0.1, -0.05) is 0 Å². The predicted molar refractivity (Wildman–Crippen MR) is 77.1 cm³/mol. The number of rotatable bonds is 5. The number of fused-ring (bicyclic) bond motifs is 1. The third kappa shape index (κ3) is 2.66. The molecule has 7 heteroatoms. The van der Waals surface area contributed by atoms with Gasteiger partial charge < -0.3 is 11.1 Å². The molecule has 0 aliphatic rings. The van der Waals surface area contributed by atoms with Crippen molar-refractivity contribution >= 4 is 22.4 Å². The lowest BCUT2D eigenvalue weighted by molar-refractivity contribution is 0.804. The summed E-state index contributed by atoms with van der Waals surface area (Å²) in [5.41, 5.74) is 7.30. The van der Waals surface area contributed by atoms with E-state index in [4.69, 9.17) is 5.73 Å². The smallest absolute Gasteiger partial charge is 0.137 e. The molecule has 102 valence electrons. The molecule has 0 spiro atoms. The third-order valence-corrected chi connectivity index (χ3v) is 3.01. The zero-order chi connectivity index (χ0) is 13.8. The van der Waals surface area contributed by atoms with E-state index in [2.05, 4.69) is 30.5 Å². The van der Waals surface area contributed by atoms with Crippen molar-refractivity contribution in [3.8, 4) is 0 Å². The van der Waals surface area contributed by atoms with Crippen LogP contribution in [0.4, 0.5) is 11.5 Å². The molecule has 3 rings (SSSR count). The van der Waals surface area contributed by atoms with Crippen molar-refractivity contribution in [3.05, 3.63) is 36.7 Å². The minimum absolute atomic E-state index is 0.701. The minimum atomic E-state index is 0.701. The first-order chi connectivity index (χ1) is 9.83. The largest absolute Gasteiger partial charge is 0.399 e. The Labute approximate surface area is 115 Å². The third-order valence-electron chi connectivity index (χ3n) is 3.01. The molecule has 20 heavy (non-hydrogen) atoms. The van der Waals surface area contributed by atoms with Gasteiger partial charge in [0.05, 0.1) is 5.52 Å². The van der Waals surface area contributed by atoms with Gasteiger partial charge in [-0.2, -0.15) is 5.10 Å². The lowest BCUT2D eigenvalue weighted by Gasteiger charge is -2.08. The van der Waals surface area contributed by atoms with Crippen LogP contribution in [0, 0.1) is 0 Å². The fourth-order valence-electron chi connectivity index (χ4n) is 2.03. The quantitative estimate of drug-likeness (QED) is 0.477. The van der Waals surface area contributed by atoms with Crippen LogP contribution in [0.25, 0.3) is 10.9 Å². The van der Waals surface area contributed by atoms with Crippen LogP contribution in [0.2, 0.25) is 0 Å². The average Bonchev–Trinajstić information content (AvgIpc) is 2.96. The van der Waals surface area contributed by atoms with Crippen molar-refractivity contribution in [1.82, 2.24) is 25.1 Å². The Hall–Kier alpha value is -2.70. The van der Waals surface area contributed by atoms with Crippen molar-refractivity contribution in [2.45, 2.75) is 12.8 Å². The van der Waals surface area contributed by atoms with E-state index in [9.17, 15) is 0 Å². The minimum Gasteiger partial charge on any atom is -0.399 e. The van der Waals surface area contributed by atoms with Gasteiger partial charge in [0.15, 0.2) is 0 Å². The number of benzene rings is 1. The van der Waals surface area contributed by atoms with Crippen molar-refractivity contribution < 1.29 is 0 Å². The number of anilines is 2. The highest BCUT2D eigenvalue weighted by atomic mass is 15.2. The van der Waals surface area contributed by atoms with E-state index in [1.165, 1.54) is 6.33 Å². The van der Waals surface area contributed by atoms with E-state index < -0.39 is 0 Å². The number of hydrogen-bond donors (Lipinski definition) is 3. The van der Waals surface area contributed by atoms with E-state index in [1.807, 2.05) is 18.2 Å². The fourth-order valence-corrected chi connectivity index (χ4v) is 2.03. The van der Waals surface area contributed by atoms with Gasteiger partial charge >= 0.3 is 0 Å². The fraction of sp³-hybridized carbons (Fsp3) is 0.231. The monoisotopic (exact) mass is 269 g/mol. The predicted octanol–water partition coefficient (Wildman–Crippen LogP) is 1.37. The SMILES string of the molecule is Nc1ccc2c(NCCCc3ncn[nH]3)ncnc2c1. The van der Waals surface area contributed by atoms with Crippen LogP contribution in [-0.4, -0.2) is 31.7 Å². The summed E-state index contributed by atoms with van der Waals surface area (Å²) in [6.45, 7) is 0.803. The van der Waals surface area contributed by atoms with E-state index in [0.717, 1.165) is 41.9 Å². The maximum Gasteiger partial charge on any atom is 0.137 e. The lowest BCUT2D eigenvalue weighted by Crippen LogP contribution is -2.06. The summed E-state index contributed by atoms with van der Waals surface area (Å²) in [6, 6.07) is 5.63. The van der Waals surface area contributed by atoms with Gasteiger partial charge in [0.25, 0.3) is 0 Å². The first-order valence-corrected chi connectivity index (χ1v) is 6.41. The standard InChI is InChI=1S/C13H15N7/c14-9-3-4-10-11(6-9)16-7-18-13(10)15-5-1-2-12-17-8-19-20-12/h3-4,6-8H,1-2,5,14H2,(H,15,16,18)(H,17,19,20). The highest BCUT2D eigenvalue weighted by Gasteiger charge is 2.03. The molecule has 0 unspecified atom stereocenters. The van der Waals surface area contributed by atoms with Gasteiger partial charge in [-0.05, 0) is 24.6 Å². The second-order valence-corrected chi connectivity index (χ2v) is 4.46. The average molecular weight is 269 g/mol. The van der Waals surface area contributed by atoms with Crippen LogP contribution in [0.15, 0.2) is 30.9 Å². The molecule has 2 heterocycles. The number of H-pyrrole nitrogens is 1. The second-order valence-electron chi connectivity index (χ2n) is 4.46. The molecule has 0 radical (unpaired) electrons. The zero-order valence-electron chi connectivity index (χ0n) is 10.9. The first-order valence-electron chi connectivity index (χ1n) is 6.41. The normalized spacial score (nSPS) is 10.8. The molecule has 0 atom stereocenters. The van der Waals surface area contributed by atoms with E-state index in [0.29, 0.717) is 5.69 Å². The topological polar surface area (TPSA) is 105 Å². The lowest BCUT2D eigenvalue weighted by atomic mass is 10.2. The molecular weight excluding hydrogens is 254 g/mol. The maximum absolute atomic E-state index is 5.75. The number of nitrogens with one attached hydrogen (secondary N) is 2.